The first-order chi connectivity index (χ1) is 18.5. The van der Waals surface area contributed by atoms with Crippen LogP contribution in [0.2, 0.25) is 0 Å². The minimum atomic E-state index is -3.58. The van der Waals surface area contributed by atoms with Crippen molar-refractivity contribution in [2.75, 3.05) is 70.0 Å². The molecule has 0 radical (unpaired) electrons. The Bertz CT molecular complexity index is 1310. The van der Waals surface area contributed by atoms with Gasteiger partial charge < -0.3 is 9.80 Å². The number of para-hydroxylation sites is 1. The second-order valence-corrected chi connectivity index (χ2v) is 17.4. The van der Waals surface area contributed by atoms with E-state index in [1.807, 2.05) is 12.1 Å². The normalized spacial score (nSPS) is 27.8. The average molecular weight is 597 g/mol. The predicted octanol–water partition coefficient (Wildman–Crippen LogP) is 2.47. The van der Waals surface area contributed by atoms with E-state index in [1.165, 1.54) is 11.8 Å². The number of sulfone groups is 1. The van der Waals surface area contributed by atoms with Gasteiger partial charge in [-0.2, -0.15) is 4.31 Å². The van der Waals surface area contributed by atoms with Crippen molar-refractivity contribution >= 4 is 31.5 Å². The van der Waals surface area contributed by atoms with Crippen LogP contribution in [0, 0.1) is 23.7 Å². The molecule has 4 unspecified atom stereocenters. The van der Waals surface area contributed by atoms with E-state index in [-0.39, 0.29) is 35.3 Å². The van der Waals surface area contributed by atoms with Crippen molar-refractivity contribution in [2.24, 2.45) is 16.7 Å². The molecular formula is C29H48N4O5S2. The smallest absolute Gasteiger partial charge is 0.239 e. The number of hydrogen-bond donors (Lipinski definition) is 0. The van der Waals surface area contributed by atoms with Crippen LogP contribution in [0.4, 0.5) is 5.69 Å². The number of hydrogen-bond acceptors (Lipinski definition) is 7. The lowest BCUT2D eigenvalue weighted by molar-refractivity contribution is -0.140. The molecule has 226 valence electrons. The number of carbonyl (C=O) groups excluding carboxylic acids is 1. The number of nitrogens with zero attached hydrogens (tertiary/aromatic N) is 4. The molecule has 3 fully saturated rings. The Kier molecular flexibility index (Phi) is 8.74. The molecule has 40 heavy (non-hydrogen) atoms. The SMILES string of the molecule is Cc1ccccc1N1CCN(S(=O)(=O)CC23CCC(CC2N(C)C(=O)C(CCS(C)(=O)=O)N(C)C)C3(C)C)CC1. The summed E-state index contributed by atoms with van der Waals surface area (Å²) in [5.41, 5.74) is 1.55. The summed E-state index contributed by atoms with van der Waals surface area (Å²) in [4.78, 5) is 19.6. The number of fused-ring (bicyclic) bond motifs is 2. The van der Waals surface area contributed by atoms with Gasteiger partial charge in [-0.05, 0) is 69.7 Å². The Morgan fingerprint density at radius 2 is 1.68 bits per heavy atom. The Labute approximate surface area is 241 Å². The lowest BCUT2D eigenvalue weighted by atomic mass is 9.68. The second-order valence-electron chi connectivity index (χ2n) is 13.1. The van der Waals surface area contributed by atoms with Crippen LogP contribution >= 0.6 is 0 Å². The van der Waals surface area contributed by atoms with Crippen molar-refractivity contribution in [3.05, 3.63) is 29.8 Å². The van der Waals surface area contributed by atoms with Gasteiger partial charge in [-0.25, -0.2) is 16.8 Å². The van der Waals surface area contributed by atoms with Gasteiger partial charge in [-0.15, -0.1) is 0 Å². The summed E-state index contributed by atoms with van der Waals surface area (Å²) in [7, 11) is -1.42. The van der Waals surface area contributed by atoms with Crippen LogP contribution < -0.4 is 4.90 Å². The third kappa shape index (κ3) is 5.80. The molecule has 4 atom stereocenters. The summed E-state index contributed by atoms with van der Waals surface area (Å²) < 4.78 is 53.5. The minimum Gasteiger partial charge on any atom is -0.369 e. The highest BCUT2D eigenvalue weighted by Gasteiger charge is 2.67. The maximum atomic E-state index is 14.0. The lowest BCUT2D eigenvalue weighted by Gasteiger charge is -2.47. The van der Waals surface area contributed by atoms with Gasteiger partial charge >= 0.3 is 0 Å². The van der Waals surface area contributed by atoms with Crippen molar-refractivity contribution in [2.45, 2.75) is 58.5 Å². The number of sulfonamides is 1. The molecular weight excluding hydrogens is 548 g/mol. The first-order valence-electron chi connectivity index (χ1n) is 14.4. The predicted molar refractivity (Wildman–Crippen MR) is 161 cm³/mol. The summed E-state index contributed by atoms with van der Waals surface area (Å²) in [6.07, 6.45) is 3.91. The highest BCUT2D eigenvalue weighted by molar-refractivity contribution is 7.90. The molecule has 2 saturated carbocycles. The lowest BCUT2D eigenvalue weighted by Crippen LogP contribution is -2.58. The van der Waals surface area contributed by atoms with E-state index < -0.39 is 31.3 Å². The van der Waals surface area contributed by atoms with E-state index in [4.69, 9.17) is 0 Å². The molecule has 1 aromatic carbocycles. The largest absolute Gasteiger partial charge is 0.369 e. The Balaban J connectivity index is 1.54. The quantitative estimate of drug-likeness (QED) is 0.409. The Hall–Kier alpha value is -1.69. The van der Waals surface area contributed by atoms with E-state index in [0.29, 0.717) is 32.1 Å². The Morgan fingerprint density at radius 1 is 1.05 bits per heavy atom. The molecule has 1 aliphatic heterocycles. The summed E-state index contributed by atoms with van der Waals surface area (Å²) in [5.74, 6) is 0.175. The van der Waals surface area contributed by atoms with Gasteiger partial charge in [0.25, 0.3) is 0 Å². The number of anilines is 1. The molecule has 9 nitrogen and oxygen atoms in total. The highest BCUT2D eigenvalue weighted by atomic mass is 32.2. The number of likely N-dealkylation sites (N-methyl/N-ethyl adjacent to an activating group) is 2. The number of carbonyl (C=O) groups is 1. The minimum absolute atomic E-state index is 0.0339. The number of aryl methyl sites for hydroxylation is 1. The van der Waals surface area contributed by atoms with Crippen molar-refractivity contribution in [1.29, 1.82) is 0 Å². The van der Waals surface area contributed by atoms with Crippen molar-refractivity contribution in [1.82, 2.24) is 14.1 Å². The van der Waals surface area contributed by atoms with Crippen molar-refractivity contribution in [3.8, 4) is 0 Å². The topological polar surface area (TPSA) is 98.3 Å². The maximum absolute atomic E-state index is 14.0. The fourth-order valence-electron chi connectivity index (χ4n) is 7.77. The zero-order valence-corrected chi connectivity index (χ0v) is 26.9. The van der Waals surface area contributed by atoms with Crippen molar-refractivity contribution < 1.29 is 21.6 Å². The van der Waals surface area contributed by atoms with Gasteiger partial charge in [0.2, 0.25) is 15.9 Å². The first kappa shape index (κ1) is 31.3. The monoisotopic (exact) mass is 596 g/mol. The molecule has 0 N–H and O–H groups in total. The summed E-state index contributed by atoms with van der Waals surface area (Å²) in [5, 5.41) is 0. The van der Waals surface area contributed by atoms with Gasteiger partial charge in [0.15, 0.2) is 0 Å². The van der Waals surface area contributed by atoms with E-state index in [2.05, 4.69) is 37.8 Å². The third-order valence-corrected chi connectivity index (χ3v) is 13.4. The van der Waals surface area contributed by atoms with Crippen LogP contribution in [-0.4, -0.2) is 114 Å². The van der Waals surface area contributed by atoms with Gasteiger partial charge in [0, 0.05) is 56.6 Å². The van der Waals surface area contributed by atoms with E-state index in [0.717, 1.165) is 24.9 Å². The molecule has 0 aromatic heterocycles. The zero-order valence-electron chi connectivity index (χ0n) is 25.3. The van der Waals surface area contributed by atoms with E-state index in [9.17, 15) is 21.6 Å². The molecule has 0 spiro atoms. The summed E-state index contributed by atoms with van der Waals surface area (Å²) in [6, 6.07) is 7.41. The van der Waals surface area contributed by atoms with Gasteiger partial charge in [-0.1, -0.05) is 32.0 Å². The summed E-state index contributed by atoms with van der Waals surface area (Å²) >= 11 is 0. The molecule has 2 aliphatic carbocycles. The van der Waals surface area contributed by atoms with E-state index >= 15 is 0 Å². The maximum Gasteiger partial charge on any atom is 0.239 e. The number of amides is 1. The van der Waals surface area contributed by atoms with Crippen LogP contribution in [-0.2, 0) is 24.7 Å². The van der Waals surface area contributed by atoms with Gasteiger partial charge in [-0.3, -0.25) is 9.69 Å². The molecule has 1 amide bonds. The average Bonchev–Trinajstić information content (AvgIpc) is 3.23. The highest BCUT2D eigenvalue weighted by Crippen LogP contribution is 2.67. The number of piperazine rings is 1. The standard InChI is InChI=1S/C29H48N4O5S2/c1-22-10-8-9-11-24(22)32-15-17-33(18-16-32)40(37,38)21-29-14-12-23(28(29,2)3)20-26(29)31(6)27(34)25(30(4)5)13-19-39(7,35)36/h8-11,23,25-26H,12-21H2,1-7H3. The number of benzene rings is 1. The van der Waals surface area contributed by atoms with Crippen LogP contribution in [0.1, 0.15) is 45.1 Å². The molecule has 2 bridgehead atoms. The van der Waals surface area contributed by atoms with Crippen LogP contribution in [0.25, 0.3) is 0 Å². The zero-order chi connectivity index (χ0) is 29.7. The number of rotatable bonds is 10. The van der Waals surface area contributed by atoms with Crippen molar-refractivity contribution in [3.63, 3.8) is 0 Å². The molecule has 1 saturated heterocycles. The molecule has 1 heterocycles. The fraction of sp³-hybridized carbons (Fsp3) is 0.759. The first-order valence-corrected chi connectivity index (χ1v) is 18.1. The third-order valence-electron chi connectivity index (χ3n) is 10.4. The van der Waals surface area contributed by atoms with Gasteiger partial charge in [0.1, 0.15) is 9.84 Å². The molecule has 1 aromatic rings. The molecule has 3 aliphatic rings. The molecule has 11 heteroatoms. The van der Waals surface area contributed by atoms with Crippen LogP contribution in [0.5, 0.6) is 0 Å². The fourth-order valence-corrected chi connectivity index (χ4v) is 10.7. The van der Waals surface area contributed by atoms with E-state index in [1.54, 1.807) is 35.2 Å². The summed E-state index contributed by atoms with van der Waals surface area (Å²) in [6.45, 7) is 8.64. The van der Waals surface area contributed by atoms with Crippen LogP contribution in [0.15, 0.2) is 24.3 Å². The van der Waals surface area contributed by atoms with Crippen LogP contribution in [0.3, 0.4) is 0 Å². The Morgan fingerprint density at radius 3 is 2.23 bits per heavy atom. The second kappa shape index (κ2) is 11.2. The molecule has 4 rings (SSSR count). The van der Waals surface area contributed by atoms with Gasteiger partial charge in [0.05, 0.1) is 17.5 Å².